The molecule has 3 aliphatic carbocycles. The van der Waals surface area contributed by atoms with Crippen molar-refractivity contribution in [3.63, 3.8) is 0 Å². The number of benzene rings is 1. The summed E-state index contributed by atoms with van der Waals surface area (Å²) in [5, 5.41) is 0. The van der Waals surface area contributed by atoms with Gasteiger partial charge in [-0.1, -0.05) is 36.4 Å². The van der Waals surface area contributed by atoms with E-state index in [2.05, 4.69) is 36.4 Å². The van der Waals surface area contributed by atoms with E-state index >= 15 is 0 Å². The van der Waals surface area contributed by atoms with Crippen molar-refractivity contribution in [2.45, 2.75) is 44.1 Å². The number of hydrogen-bond donors (Lipinski definition) is 0. The van der Waals surface area contributed by atoms with Gasteiger partial charge in [-0.15, -0.1) is 0 Å². The molecule has 34 heavy (non-hydrogen) atoms. The van der Waals surface area contributed by atoms with Crippen LogP contribution in [-0.4, -0.2) is 57.6 Å². The topological polar surface area (TPSA) is 65.9 Å². The van der Waals surface area contributed by atoms with Gasteiger partial charge in [0.25, 0.3) is 5.91 Å². The summed E-state index contributed by atoms with van der Waals surface area (Å²) >= 11 is 0. The van der Waals surface area contributed by atoms with Gasteiger partial charge >= 0.3 is 0 Å². The maximum atomic E-state index is 13.3. The highest BCUT2D eigenvalue weighted by molar-refractivity contribution is 6.15. The van der Waals surface area contributed by atoms with Crippen molar-refractivity contribution in [3.8, 4) is 11.1 Å². The lowest BCUT2D eigenvalue weighted by Crippen LogP contribution is -2.41. The van der Waals surface area contributed by atoms with Crippen LogP contribution in [0.1, 0.15) is 48.9 Å². The molecule has 1 aromatic carbocycles. The number of likely N-dealkylation sites (tertiary alicyclic amines) is 1. The van der Waals surface area contributed by atoms with Gasteiger partial charge in [-0.3, -0.25) is 19.5 Å². The van der Waals surface area contributed by atoms with Crippen LogP contribution >= 0.6 is 0 Å². The molecule has 3 fully saturated rings. The molecular formula is C28H28N4O2. The van der Waals surface area contributed by atoms with E-state index in [1.807, 2.05) is 22.1 Å². The van der Waals surface area contributed by atoms with Crippen LogP contribution in [0.3, 0.4) is 0 Å². The number of amidine groups is 1. The number of carbonyl (C=O) groups excluding carboxylic acids is 2. The molecule has 0 radical (unpaired) electrons. The predicted octanol–water partition coefficient (Wildman–Crippen LogP) is 3.70. The van der Waals surface area contributed by atoms with Gasteiger partial charge < -0.3 is 4.90 Å². The van der Waals surface area contributed by atoms with E-state index in [1.165, 1.54) is 11.1 Å². The third kappa shape index (κ3) is 3.30. The Hall–Kier alpha value is -3.28. The van der Waals surface area contributed by atoms with Crippen LogP contribution in [0.4, 0.5) is 0 Å². The summed E-state index contributed by atoms with van der Waals surface area (Å²) in [4.78, 5) is 39.3. The van der Waals surface area contributed by atoms with Crippen LogP contribution in [0.15, 0.2) is 47.6 Å². The largest absolute Gasteiger partial charge is 0.342 e. The first kappa shape index (κ1) is 20.1. The zero-order valence-corrected chi connectivity index (χ0v) is 19.2. The molecule has 3 heterocycles. The van der Waals surface area contributed by atoms with E-state index < -0.39 is 5.54 Å². The highest BCUT2D eigenvalue weighted by atomic mass is 16.2. The van der Waals surface area contributed by atoms with Gasteiger partial charge in [0, 0.05) is 37.3 Å². The molecule has 1 atom stereocenters. The van der Waals surface area contributed by atoms with Gasteiger partial charge in [0.2, 0.25) is 5.91 Å². The van der Waals surface area contributed by atoms with Gasteiger partial charge in [-0.05, 0) is 67.2 Å². The second-order valence-electron chi connectivity index (χ2n) is 10.5. The zero-order chi connectivity index (χ0) is 22.9. The number of allylic oxidation sites excluding steroid dienone is 1. The molecule has 1 saturated heterocycles. The minimum Gasteiger partial charge on any atom is -0.342 e. The van der Waals surface area contributed by atoms with E-state index in [0.29, 0.717) is 24.2 Å². The Morgan fingerprint density at radius 2 is 1.94 bits per heavy atom. The number of hydrogen-bond acceptors (Lipinski definition) is 4. The van der Waals surface area contributed by atoms with Gasteiger partial charge in [0.1, 0.15) is 11.2 Å². The first-order valence-electron chi connectivity index (χ1n) is 12.6. The maximum absolute atomic E-state index is 13.3. The minimum atomic E-state index is -0.551. The number of pyridine rings is 1. The predicted molar refractivity (Wildman–Crippen MR) is 130 cm³/mol. The number of amides is 2. The van der Waals surface area contributed by atoms with Gasteiger partial charge in [-0.25, -0.2) is 4.99 Å². The molecule has 0 bridgehead atoms. The van der Waals surface area contributed by atoms with Crippen molar-refractivity contribution < 1.29 is 9.59 Å². The molecule has 1 spiro atoms. The molecule has 0 unspecified atom stereocenters. The van der Waals surface area contributed by atoms with E-state index in [0.717, 1.165) is 68.4 Å². The van der Waals surface area contributed by atoms with Gasteiger partial charge in [-0.2, -0.15) is 0 Å². The standard InChI is InChI=1S/C28H28N4O2/c33-26(20-5-6-20)31-13-10-18(16-31)17-32-25(30-28(11-12-28)27(32)34)24-9-8-23(15-29-24)22-7-4-19-2-1-3-21(19)14-22/h1-2,4,7-9,14-15,18,20H,3,5-6,10-13,16-17H2/t18-/m1/s1. The molecule has 2 aliphatic heterocycles. The van der Waals surface area contributed by atoms with E-state index in [1.54, 1.807) is 0 Å². The highest BCUT2D eigenvalue weighted by Crippen LogP contribution is 2.46. The summed E-state index contributed by atoms with van der Waals surface area (Å²) in [6, 6.07) is 10.6. The summed E-state index contributed by atoms with van der Waals surface area (Å²) in [7, 11) is 0. The lowest BCUT2D eigenvalue weighted by Gasteiger charge is -2.23. The summed E-state index contributed by atoms with van der Waals surface area (Å²) in [6.45, 7) is 2.18. The monoisotopic (exact) mass is 452 g/mol. The van der Waals surface area contributed by atoms with Crippen LogP contribution < -0.4 is 0 Å². The molecule has 0 N–H and O–H groups in total. The summed E-state index contributed by atoms with van der Waals surface area (Å²) < 4.78 is 0. The Kier molecular flexibility index (Phi) is 4.36. The van der Waals surface area contributed by atoms with Crippen molar-refractivity contribution in [2.75, 3.05) is 19.6 Å². The molecule has 172 valence electrons. The Bertz CT molecular complexity index is 1250. The number of fused-ring (bicyclic) bond motifs is 1. The van der Waals surface area contributed by atoms with Crippen molar-refractivity contribution in [3.05, 3.63) is 59.4 Å². The zero-order valence-electron chi connectivity index (χ0n) is 19.2. The van der Waals surface area contributed by atoms with Crippen molar-refractivity contribution >= 4 is 23.7 Å². The van der Waals surface area contributed by atoms with Crippen LogP contribution in [0.5, 0.6) is 0 Å². The smallest absolute Gasteiger partial charge is 0.256 e. The number of aromatic nitrogens is 1. The van der Waals surface area contributed by atoms with Gasteiger partial charge in [0.05, 0.1) is 0 Å². The molecular weight excluding hydrogens is 424 g/mol. The van der Waals surface area contributed by atoms with Gasteiger partial charge in [0.15, 0.2) is 5.84 Å². The van der Waals surface area contributed by atoms with Crippen LogP contribution in [-0.2, 0) is 16.0 Å². The molecule has 5 aliphatic rings. The number of nitrogens with zero attached hydrogens (tertiary/aromatic N) is 4. The Morgan fingerprint density at radius 3 is 2.71 bits per heavy atom. The van der Waals surface area contributed by atoms with Crippen molar-refractivity contribution in [1.82, 2.24) is 14.8 Å². The lowest BCUT2D eigenvalue weighted by atomic mass is 10.0. The number of aliphatic imine (C=N–C) groups is 1. The van der Waals surface area contributed by atoms with E-state index in [4.69, 9.17) is 9.98 Å². The molecule has 2 amide bonds. The SMILES string of the molecule is O=C(C1CC1)N1CC[C@@H](CN2C(=O)C3(CC3)N=C2c2ccc(-c3ccc4c(c3)CC=C4)cn2)C1. The summed E-state index contributed by atoms with van der Waals surface area (Å²) in [6.07, 6.45) is 11.9. The lowest BCUT2D eigenvalue weighted by molar-refractivity contribution is -0.131. The molecule has 1 aromatic heterocycles. The maximum Gasteiger partial charge on any atom is 0.256 e. The van der Waals surface area contributed by atoms with E-state index in [-0.39, 0.29) is 11.8 Å². The van der Waals surface area contributed by atoms with E-state index in [9.17, 15) is 9.59 Å². The second-order valence-corrected chi connectivity index (χ2v) is 10.5. The Balaban J connectivity index is 1.11. The summed E-state index contributed by atoms with van der Waals surface area (Å²) in [5.74, 6) is 1.68. The quantitative estimate of drug-likeness (QED) is 0.695. The Labute approximate surface area is 199 Å². The second kappa shape index (κ2) is 7.36. The molecule has 7 rings (SSSR count). The highest BCUT2D eigenvalue weighted by Gasteiger charge is 2.57. The van der Waals surface area contributed by atoms with Crippen LogP contribution in [0, 0.1) is 11.8 Å². The molecule has 2 saturated carbocycles. The van der Waals surface area contributed by atoms with Crippen molar-refractivity contribution in [2.24, 2.45) is 16.8 Å². The van der Waals surface area contributed by atoms with Crippen molar-refractivity contribution in [1.29, 1.82) is 0 Å². The third-order valence-corrected chi connectivity index (χ3v) is 8.01. The normalized spacial score (nSPS) is 24.2. The first-order valence-corrected chi connectivity index (χ1v) is 12.6. The average Bonchev–Trinajstić information content (AvgIpc) is 3.74. The molecule has 6 heteroatoms. The fourth-order valence-electron chi connectivity index (χ4n) is 5.63. The Morgan fingerprint density at radius 1 is 1.09 bits per heavy atom. The first-order chi connectivity index (χ1) is 16.6. The number of carbonyl (C=O) groups is 2. The fraction of sp³-hybridized carbons (Fsp3) is 0.429. The molecule has 2 aromatic rings. The van der Waals surface area contributed by atoms with Crippen LogP contribution in [0.25, 0.3) is 17.2 Å². The minimum absolute atomic E-state index is 0.117. The fourth-order valence-corrected chi connectivity index (χ4v) is 5.63. The van der Waals surface area contributed by atoms with Crippen LogP contribution in [0.2, 0.25) is 0 Å². The molecule has 6 nitrogen and oxygen atoms in total. The average molecular weight is 453 g/mol. The summed E-state index contributed by atoms with van der Waals surface area (Å²) in [5.41, 5.74) is 5.08. The number of rotatable bonds is 5. The third-order valence-electron chi connectivity index (χ3n) is 8.01.